The van der Waals surface area contributed by atoms with Gasteiger partial charge < -0.3 is 24.6 Å². The Morgan fingerprint density at radius 1 is 0.646 bits per heavy atom. The van der Waals surface area contributed by atoms with Crippen molar-refractivity contribution in [2.45, 2.75) is 62.3 Å². The summed E-state index contributed by atoms with van der Waals surface area (Å²) in [5.41, 5.74) is 7.35. The van der Waals surface area contributed by atoms with Crippen molar-refractivity contribution in [3.8, 4) is 11.5 Å². The quantitative estimate of drug-likeness (QED) is 0.408. The first-order valence-corrected chi connectivity index (χ1v) is 17.1. The third kappa shape index (κ3) is 4.54. The van der Waals surface area contributed by atoms with Crippen molar-refractivity contribution < 1.29 is 9.47 Å². The number of para-hydroxylation sites is 4. The van der Waals surface area contributed by atoms with Gasteiger partial charge in [0, 0.05) is 11.4 Å². The minimum absolute atomic E-state index is 0.00234. The fourth-order valence-electron chi connectivity index (χ4n) is 8.07. The lowest BCUT2D eigenvalue weighted by Crippen LogP contribution is -2.48. The minimum Gasteiger partial charge on any atom is -0.482 e. The number of allylic oxidation sites excluding steroid dienone is 10. The van der Waals surface area contributed by atoms with Crippen molar-refractivity contribution in [2.24, 2.45) is 9.98 Å². The molecule has 2 aromatic rings. The number of rotatable bonds is 4. The van der Waals surface area contributed by atoms with Gasteiger partial charge in [-0.2, -0.15) is 0 Å². The van der Waals surface area contributed by atoms with E-state index in [1.165, 1.54) is 22.5 Å². The number of nitrogens with zero attached hydrogens (tertiary/aromatic N) is 4. The van der Waals surface area contributed by atoms with E-state index in [9.17, 15) is 0 Å². The number of fused-ring (bicyclic) bond motifs is 5. The van der Waals surface area contributed by atoms with E-state index in [0.717, 1.165) is 60.2 Å². The highest BCUT2D eigenvalue weighted by atomic mass is 16.5. The van der Waals surface area contributed by atoms with Crippen LogP contribution in [0.15, 0.2) is 154 Å². The summed E-state index contributed by atoms with van der Waals surface area (Å²) in [6, 6.07) is 17.0. The van der Waals surface area contributed by atoms with Crippen LogP contribution in [0.4, 0.5) is 11.4 Å². The molecule has 0 radical (unpaired) electrons. The molecular weight excluding hydrogens is 596 g/mol. The zero-order valence-electron chi connectivity index (χ0n) is 26.4. The lowest BCUT2D eigenvalue weighted by molar-refractivity contribution is 0.215. The van der Waals surface area contributed by atoms with Crippen molar-refractivity contribution in [2.75, 3.05) is 9.80 Å². The summed E-state index contributed by atoms with van der Waals surface area (Å²) in [5, 5.41) is 7.33. The second kappa shape index (κ2) is 11.1. The van der Waals surface area contributed by atoms with Gasteiger partial charge in [0.05, 0.1) is 23.5 Å². The van der Waals surface area contributed by atoms with Gasteiger partial charge in [-0.1, -0.05) is 72.9 Å². The molecule has 8 heteroatoms. The Hall–Kier alpha value is -5.34. The minimum atomic E-state index is -0.139. The third-order valence-corrected chi connectivity index (χ3v) is 10.4. The van der Waals surface area contributed by atoms with Gasteiger partial charge >= 0.3 is 0 Å². The Morgan fingerprint density at radius 3 is 1.83 bits per heavy atom. The molecule has 8 aliphatic rings. The third-order valence-electron chi connectivity index (χ3n) is 10.4. The number of nitrogens with one attached hydrogen (secondary N) is 2. The molecule has 1 fully saturated rings. The van der Waals surface area contributed by atoms with E-state index in [4.69, 9.17) is 19.5 Å². The largest absolute Gasteiger partial charge is 0.482 e. The summed E-state index contributed by atoms with van der Waals surface area (Å²) in [7, 11) is 0. The number of hydrogen-bond donors (Lipinski definition) is 2. The zero-order chi connectivity index (χ0) is 31.6. The Balaban J connectivity index is 0.849. The van der Waals surface area contributed by atoms with E-state index in [0.29, 0.717) is 0 Å². The van der Waals surface area contributed by atoms with Crippen LogP contribution in [-0.2, 0) is 0 Å². The first-order chi connectivity index (χ1) is 23.8. The molecule has 4 heterocycles. The second-order valence-corrected chi connectivity index (χ2v) is 13.2. The van der Waals surface area contributed by atoms with Crippen LogP contribution in [0.3, 0.4) is 0 Å². The smallest absolute Gasteiger partial charge is 0.162 e. The van der Waals surface area contributed by atoms with E-state index >= 15 is 0 Å². The van der Waals surface area contributed by atoms with Crippen LogP contribution in [0.1, 0.15) is 25.7 Å². The first kappa shape index (κ1) is 27.7. The van der Waals surface area contributed by atoms with Crippen molar-refractivity contribution in [1.29, 1.82) is 0 Å². The molecule has 8 nitrogen and oxygen atoms in total. The van der Waals surface area contributed by atoms with E-state index in [2.05, 4.69) is 130 Å². The Kier molecular flexibility index (Phi) is 6.43. The van der Waals surface area contributed by atoms with Gasteiger partial charge in [0.25, 0.3) is 0 Å². The summed E-state index contributed by atoms with van der Waals surface area (Å²) < 4.78 is 12.7. The molecule has 10 rings (SSSR count). The van der Waals surface area contributed by atoms with E-state index in [1.54, 1.807) is 0 Å². The molecule has 6 atom stereocenters. The molecule has 0 spiro atoms. The average Bonchev–Trinajstić information content (AvgIpc) is 3.73. The van der Waals surface area contributed by atoms with Crippen LogP contribution in [0.5, 0.6) is 11.5 Å². The van der Waals surface area contributed by atoms with Gasteiger partial charge in [-0.25, -0.2) is 9.98 Å². The molecule has 2 N–H and O–H groups in total. The normalized spacial score (nSPS) is 30.5. The zero-order valence-corrected chi connectivity index (χ0v) is 26.4. The Bertz CT molecular complexity index is 2010. The molecule has 238 valence electrons. The fraction of sp³-hybridized carbons (Fsp3) is 0.250. The average molecular weight is 633 g/mol. The van der Waals surface area contributed by atoms with Gasteiger partial charge in [-0.3, -0.25) is 5.32 Å². The highest BCUT2D eigenvalue weighted by molar-refractivity contribution is 6.13. The number of ether oxygens (including phenoxy) is 2. The summed E-state index contributed by atoms with van der Waals surface area (Å²) in [6.45, 7) is 0. The summed E-state index contributed by atoms with van der Waals surface area (Å²) in [4.78, 5) is 14.9. The molecule has 0 bridgehead atoms. The Morgan fingerprint density at radius 2 is 1.25 bits per heavy atom. The van der Waals surface area contributed by atoms with E-state index in [-0.39, 0.29) is 36.6 Å². The van der Waals surface area contributed by atoms with Gasteiger partial charge in [-0.15, -0.1) is 0 Å². The second-order valence-electron chi connectivity index (χ2n) is 13.2. The summed E-state index contributed by atoms with van der Waals surface area (Å²) in [6.07, 6.45) is 29.8. The van der Waals surface area contributed by atoms with Crippen molar-refractivity contribution in [3.05, 3.63) is 144 Å². The molecular formula is C40H36N6O2. The van der Waals surface area contributed by atoms with Crippen molar-refractivity contribution in [1.82, 2.24) is 10.6 Å². The lowest BCUT2D eigenvalue weighted by atomic mass is 9.94. The van der Waals surface area contributed by atoms with Gasteiger partial charge in [-0.05, 0) is 85.4 Å². The van der Waals surface area contributed by atoms with Crippen LogP contribution in [0, 0.1) is 0 Å². The Labute approximate surface area is 280 Å². The van der Waals surface area contributed by atoms with Gasteiger partial charge in [0.1, 0.15) is 35.7 Å². The maximum Gasteiger partial charge on any atom is 0.162 e. The lowest BCUT2D eigenvalue weighted by Gasteiger charge is -2.44. The fourth-order valence-corrected chi connectivity index (χ4v) is 8.07. The molecule has 48 heavy (non-hydrogen) atoms. The summed E-state index contributed by atoms with van der Waals surface area (Å²) >= 11 is 0. The number of benzene rings is 2. The van der Waals surface area contributed by atoms with E-state index < -0.39 is 0 Å². The van der Waals surface area contributed by atoms with Gasteiger partial charge in [0.2, 0.25) is 0 Å². The van der Waals surface area contributed by atoms with Crippen LogP contribution >= 0.6 is 0 Å². The standard InChI is InChI=1S/C40H36N6O2/c1-5-13-33-29(9-1)45(30-10-2-6-14-34(30)47-33)27-21-17-25(18-22-27)37-41-39-40(42-37)44-38(43-39)26-19-23-28(24-20-26)46-31-11-3-7-15-35(31)48-36-16-8-4-12-32(36)46/h1-17,19,21,23,29,31,33,35,37,39,41H,18,20,22,24H2,(H,42,43,44). The van der Waals surface area contributed by atoms with Crippen LogP contribution in [0.2, 0.25) is 0 Å². The molecule has 0 aromatic heterocycles. The molecule has 4 aliphatic heterocycles. The maximum absolute atomic E-state index is 6.33. The van der Waals surface area contributed by atoms with Crippen LogP contribution in [-0.4, -0.2) is 48.3 Å². The summed E-state index contributed by atoms with van der Waals surface area (Å²) in [5.74, 6) is 3.61. The van der Waals surface area contributed by atoms with Gasteiger partial charge in [0.15, 0.2) is 12.0 Å². The number of aliphatic imine (C=N–C) groups is 2. The van der Waals surface area contributed by atoms with Crippen LogP contribution < -0.4 is 29.9 Å². The molecule has 4 aliphatic carbocycles. The SMILES string of the molecule is C1=CC2Oc3ccccc3N(C3=CC=C(C4=NC5NC(C6=CC=C(N7c8ccccc8OC8C=CC=CC87)CC6)NC5=N4)CC3)C2C=C1. The molecule has 1 saturated heterocycles. The van der Waals surface area contributed by atoms with Crippen molar-refractivity contribution >= 4 is 23.0 Å². The van der Waals surface area contributed by atoms with Crippen molar-refractivity contribution in [3.63, 3.8) is 0 Å². The predicted molar refractivity (Wildman–Crippen MR) is 190 cm³/mol. The van der Waals surface area contributed by atoms with E-state index in [1.807, 2.05) is 12.1 Å². The molecule has 0 amide bonds. The number of amidine groups is 2. The molecule has 0 saturated carbocycles. The number of anilines is 2. The highest BCUT2D eigenvalue weighted by Crippen LogP contribution is 2.43. The molecule has 2 aromatic carbocycles. The first-order valence-electron chi connectivity index (χ1n) is 17.1. The monoisotopic (exact) mass is 632 g/mol. The predicted octanol–water partition coefficient (Wildman–Crippen LogP) is 6.37. The highest BCUT2D eigenvalue weighted by Gasteiger charge is 2.40. The van der Waals surface area contributed by atoms with Crippen LogP contribution in [0.25, 0.3) is 0 Å². The topological polar surface area (TPSA) is 73.7 Å². The number of hydrogen-bond acceptors (Lipinski definition) is 8. The maximum atomic E-state index is 6.33. The molecule has 6 unspecified atom stereocenters.